The molecule has 0 saturated carbocycles. The second-order valence-electron chi connectivity index (χ2n) is 7.44. The quantitative estimate of drug-likeness (QED) is 0.709. The van der Waals surface area contributed by atoms with Gasteiger partial charge < -0.3 is 19.2 Å². The van der Waals surface area contributed by atoms with Crippen molar-refractivity contribution in [2.24, 2.45) is 0 Å². The van der Waals surface area contributed by atoms with Gasteiger partial charge in [0.2, 0.25) is 0 Å². The van der Waals surface area contributed by atoms with E-state index in [-0.39, 0.29) is 24.4 Å². The number of aliphatic carboxylic acids is 1. The Morgan fingerprint density at radius 3 is 2.47 bits per heavy atom. The van der Waals surface area contributed by atoms with Crippen molar-refractivity contribution in [3.63, 3.8) is 0 Å². The fourth-order valence-corrected chi connectivity index (χ4v) is 3.68. The second kappa shape index (κ2) is 10.1. The summed E-state index contributed by atoms with van der Waals surface area (Å²) in [6, 6.07) is 10.4. The molecular weight excluding hydrogens is 436 g/mol. The maximum Gasteiger partial charge on any atom is 0.490 e. The van der Waals surface area contributed by atoms with E-state index in [0.717, 1.165) is 19.5 Å². The summed E-state index contributed by atoms with van der Waals surface area (Å²) < 4.78 is 56.6. The molecule has 7 nitrogen and oxygen atoms in total. The summed E-state index contributed by atoms with van der Waals surface area (Å²) in [6.45, 7) is 3.32. The van der Waals surface area contributed by atoms with Gasteiger partial charge in [0.15, 0.2) is 5.76 Å². The Bertz CT molecular complexity index is 919. The zero-order chi connectivity index (χ0) is 23.3. The lowest BCUT2D eigenvalue weighted by Gasteiger charge is -2.36. The van der Waals surface area contributed by atoms with Gasteiger partial charge in [-0.3, -0.25) is 9.69 Å². The number of furan rings is 1. The third-order valence-electron chi connectivity index (χ3n) is 5.27. The van der Waals surface area contributed by atoms with Gasteiger partial charge in [0.1, 0.15) is 5.82 Å². The summed E-state index contributed by atoms with van der Waals surface area (Å²) in [5.41, 5.74) is 0.585. The minimum absolute atomic E-state index is 0.0552. The molecule has 1 N–H and O–H groups in total. The highest BCUT2D eigenvalue weighted by atomic mass is 19.4. The van der Waals surface area contributed by atoms with Crippen molar-refractivity contribution >= 4 is 11.9 Å². The van der Waals surface area contributed by atoms with Crippen molar-refractivity contribution in [1.29, 1.82) is 0 Å². The average Bonchev–Trinajstić information content (AvgIpc) is 3.41. The minimum Gasteiger partial charge on any atom is -0.475 e. The normalized spacial score (nSPS) is 20.9. The van der Waals surface area contributed by atoms with E-state index in [1.807, 2.05) is 11.0 Å². The summed E-state index contributed by atoms with van der Waals surface area (Å²) >= 11 is 0. The van der Waals surface area contributed by atoms with Gasteiger partial charge in [0, 0.05) is 37.8 Å². The summed E-state index contributed by atoms with van der Waals surface area (Å²) in [5.74, 6) is -2.65. The predicted molar refractivity (Wildman–Crippen MR) is 103 cm³/mol. The maximum atomic E-state index is 13.7. The van der Waals surface area contributed by atoms with Crippen molar-refractivity contribution < 1.29 is 41.4 Å². The van der Waals surface area contributed by atoms with Crippen LogP contribution in [0.4, 0.5) is 17.6 Å². The van der Waals surface area contributed by atoms with Crippen molar-refractivity contribution in [2.45, 2.75) is 31.3 Å². The van der Waals surface area contributed by atoms with Crippen LogP contribution in [0, 0.1) is 5.82 Å². The van der Waals surface area contributed by atoms with Gasteiger partial charge >= 0.3 is 12.1 Å². The molecule has 0 unspecified atom stereocenters. The smallest absolute Gasteiger partial charge is 0.475 e. The highest BCUT2D eigenvalue weighted by molar-refractivity contribution is 5.91. The Hall–Kier alpha value is -2.92. The molecule has 32 heavy (non-hydrogen) atoms. The van der Waals surface area contributed by atoms with Crippen LogP contribution in [-0.4, -0.2) is 71.3 Å². The van der Waals surface area contributed by atoms with Gasteiger partial charge in [-0.1, -0.05) is 18.2 Å². The molecule has 2 saturated heterocycles. The van der Waals surface area contributed by atoms with Gasteiger partial charge in [-0.2, -0.15) is 13.2 Å². The molecule has 2 aliphatic rings. The predicted octanol–water partition coefficient (Wildman–Crippen LogP) is 3.17. The van der Waals surface area contributed by atoms with E-state index in [0.29, 0.717) is 30.5 Å². The van der Waals surface area contributed by atoms with Crippen LogP contribution in [-0.2, 0) is 16.1 Å². The minimum atomic E-state index is -5.08. The largest absolute Gasteiger partial charge is 0.490 e. The number of hydrogen-bond acceptors (Lipinski definition) is 5. The van der Waals surface area contributed by atoms with Crippen LogP contribution in [0.15, 0.2) is 47.1 Å². The molecule has 2 atom stereocenters. The van der Waals surface area contributed by atoms with Crippen molar-refractivity contribution in [2.75, 3.05) is 26.2 Å². The number of carbonyl (C=O) groups is 2. The standard InChI is InChI=1S/C19H21FN2O3.C2HF3O2/c20-17-5-2-1-4-14(17)13-25-16-10-15-11-22(8-7-21(15)12-16)19(23)18-6-3-9-24-18;3-2(4,5)1(6)7/h1-6,9,15-16H,7-8,10-13H2;(H,6,7)/t15-,16+;/m0./s1. The number of halogens is 4. The summed E-state index contributed by atoms with van der Waals surface area (Å²) in [5, 5.41) is 7.12. The van der Waals surface area contributed by atoms with Crippen LogP contribution < -0.4 is 0 Å². The fourth-order valence-electron chi connectivity index (χ4n) is 3.68. The van der Waals surface area contributed by atoms with E-state index in [4.69, 9.17) is 19.1 Å². The zero-order valence-electron chi connectivity index (χ0n) is 16.9. The molecule has 0 spiro atoms. The maximum absolute atomic E-state index is 13.7. The van der Waals surface area contributed by atoms with E-state index < -0.39 is 12.1 Å². The number of carbonyl (C=O) groups excluding carboxylic acids is 1. The Kier molecular flexibility index (Phi) is 7.52. The van der Waals surface area contributed by atoms with Crippen LogP contribution >= 0.6 is 0 Å². The molecule has 0 radical (unpaired) electrons. The molecule has 4 rings (SSSR count). The van der Waals surface area contributed by atoms with Crippen LogP contribution in [0.1, 0.15) is 22.5 Å². The van der Waals surface area contributed by atoms with Gasteiger partial charge in [0.25, 0.3) is 5.91 Å². The lowest BCUT2D eigenvalue weighted by atomic mass is 10.1. The second-order valence-corrected chi connectivity index (χ2v) is 7.44. The topological polar surface area (TPSA) is 83.2 Å². The monoisotopic (exact) mass is 458 g/mol. The lowest BCUT2D eigenvalue weighted by Crippen LogP contribution is -2.52. The molecule has 1 aromatic heterocycles. The molecule has 174 valence electrons. The Morgan fingerprint density at radius 2 is 1.84 bits per heavy atom. The first-order chi connectivity index (χ1) is 15.1. The van der Waals surface area contributed by atoms with E-state index >= 15 is 0 Å². The number of nitrogens with zero attached hydrogens (tertiary/aromatic N) is 2. The summed E-state index contributed by atoms with van der Waals surface area (Å²) in [6.07, 6.45) is -2.63. The van der Waals surface area contributed by atoms with E-state index in [9.17, 15) is 22.4 Å². The third-order valence-corrected chi connectivity index (χ3v) is 5.27. The molecule has 2 fully saturated rings. The van der Waals surface area contributed by atoms with Gasteiger partial charge in [-0.15, -0.1) is 0 Å². The molecule has 2 aromatic rings. The van der Waals surface area contributed by atoms with Gasteiger partial charge in [-0.25, -0.2) is 9.18 Å². The first kappa shape index (κ1) is 23.7. The first-order valence-electron chi connectivity index (χ1n) is 9.87. The molecule has 1 aromatic carbocycles. The van der Waals surface area contributed by atoms with Crippen LogP contribution in [0.2, 0.25) is 0 Å². The van der Waals surface area contributed by atoms with E-state index in [2.05, 4.69) is 4.90 Å². The van der Waals surface area contributed by atoms with E-state index in [1.54, 1.807) is 24.3 Å². The molecule has 2 aliphatic heterocycles. The highest BCUT2D eigenvalue weighted by Crippen LogP contribution is 2.26. The number of fused-ring (bicyclic) bond motifs is 1. The number of ether oxygens (including phenoxy) is 1. The third kappa shape index (κ3) is 6.07. The van der Waals surface area contributed by atoms with Crippen LogP contribution in [0.3, 0.4) is 0 Å². The Balaban J connectivity index is 0.000000360. The summed E-state index contributed by atoms with van der Waals surface area (Å²) in [4.78, 5) is 25.5. The van der Waals surface area contributed by atoms with E-state index in [1.165, 1.54) is 12.3 Å². The molecule has 3 heterocycles. The van der Waals surface area contributed by atoms with Crippen LogP contribution in [0.25, 0.3) is 0 Å². The number of piperazine rings is 1. The van der Waals surface area contributed by atoms with Gasteiger partial charge in [-0.05, 0) is 24.6 Å². The Labute approximate surface area is 181 Å². The summed E-state index contributed by atoms with van der Waals surface area (Å²) in [7, 11) is 0. The molecule has 11 heteroatoms. The highest BCUT2D eigenvalue weighted by Gasteiger charge is 2.39. The molecule has 1 amide bonds. The number of carboxylic acid groups (broad SMARTS) is 1. The number of amides is 1. The van der Waals surface area contributed by atoms with Crippen molar-refractivity contribution in [3.05, 3.63) is 59.8 Å². The van der Waals surface area contributed by atoms with Crippen LogP contribution in [0.5, 0.6) is 0 Å². The number of alkyl halides is 3. The zero-order valence-corrected chi connectivity index (χ0v) is 16.9. The Morgan fingerprint density at radius 1 is 1.12 bits per heavy atom. The van der Waals surface area contributed by atoms with Crippen molar-refractivity contribution in [1.82, 2.24) is 9.80 Å². The SMILES string of the molecule is O=C(O)C(F)(F)F.O=C(c1ccco1)N1CCN2C[C@H](OCc3ccccc3F)C[C@H]2C1. The number of rotatable bonds is 4. The number of benzene rings is 1. The lowest BCUT2D eigenvalue weighted by molar-refractivity contribution is -0.192. The molecule has 0 bridgehead atoms. The number of carboxylic acids is 1. The molecular formula is C21H22F4N2O5. The van der Waals surface area contributed by atoms with Crippen molar-refractivity contribution in [3.8, 4) is 0 Å². The molecule has 0 aliphatic carbocycles. The fraction of sp³-hybridized carbons (Fsp3) is 0.429. The number of hydrogen-bond donors (Lipinski definition) is 1. The first-order valence-corrected chi connectivity index (χ1v) is 9.87. The average molecular weight is 458 g/mol. The van der Waals surface area contributed by atoms with Gasteiger partial charge in [0.05, 0.1) is 19.0 Å².